The van der Waals surface area contributed by atoms with Gasteiger partial charge in [0.2, 0.25) is 0 Å². The van der Waals surface area contributed by atoms with E-state index >= 15 is 0 Å². The van der Waals surface area contributed by atoms with Crippen LogP contribution in [0.3, 0.4) is 0 Å². The molecule has 0 bridgehead atoms. The summed E-state index contributed by atoms with van der Waals surface area (Å²) in [6.07, 6.45) is 0.727. The molecule has 0 aliphatic carbocycles. The van der Waals surface area contributed by atoms with Gasteiger partial charge >= 0.3 is 0 Å². The molecule has 1 amide bonds. The molecule has 0 saturated carbocycles. The zero-order chi connectivity index (χ0) is 13.7. The Morgan fingerprint density at radius 1 is 1.44 bits per heavy atom. The smallest absolute Gasteiger partial charge is 0.251 e. The van der Waals surface area contributed by atoms with Crippen molar-refractivity contribution >= 4 is 5.91 Å². The summed E-state index contributed by atoms with van der Waals surface area (Å²) < 4.78 is 0. The second-order valence-corrected chi connectivity index (χ2v) is 4.99. The predicted molar refractivity (Wildman–Crippen MR) is 76.0 cm³/mol. The van der Waals surface area contributed by atoms with Crippen LogP contribution in [0.5, 0.6) is 0 Å². The number of nitrogens with one attached hydrogen (secondary N) is 1. The van der Waals surface area contributed by atoms with Crippen LogP contribution < -0.4 is 5.32 Å². The van der Waals surface area contributed by atoms with Gasteiger partial charge in [-0.05, 0) is 42.5 Å². The van der Waals surface area contributed by atoms with Crippen LogP contribution in [0.4, 0.5) is 0 Å². The fourth-order valence-corrected chi connectivity index (χ4v) is 2.01. The van der Waals surface area contributed by atoms with Crippen LogP contribution in [-0.2, 0) is 0 Å². The summed E-state index contributed by atoms with van der Waals surface area (Å²) in [6, 6.07) is 5.60. The summed E-state index contributed by atoms with van der Waals surface area (Å²) in [7, 11) is 0. The Balaban J connectivity index is 0.00000324. The summed E-state index contributed by atoms with van der Waals surface area (Å²) in [6.45, 7) is 8.22. The highest BCUT2D eigenvalue weighted by Gasteiger charge is 2.12. The normalized spacial score (nSPS) is 12.6. The Kier molecular flexibility index (Phi) is 5.35. The highest BCUT2D eigenvalue weighted by Crippen LogP contribution is 2.20. The number of aryl methyl sites for hydroxylation is 1. The fourth-order valence-electron chi connectivity index (χ4n) is 2.01. The monoisotopic (exact) mass is 251 g/mol. The van der Waals surface area contributed by atoms with Gasteiger partial charge in [0.05, 0.1) is 12.6 Å². The molecular formula is C15H25NO2. The molecule has 3 nitrogen and oxygen atoms in total. The lowest BCUT2D eigenvalue weighted by Crippen LogP contribution is -2.36. The minimum atomic E-state index is -0.164. The van der Waals surface area contributed by atoms with E-state index in [1.165, 1.54) is 5.56 Å². The molecule has 0 spiro atoms. The van der Waals surface area contributed by atoms with Crippen molar-refractivity contribution in [3.63, 3.8) is 0 Å². The predicted octanol–water partition coefficient (Wildman–Crippen LogP) is 2.87. The van der Waals surface area contributed by atoms with Gasteiger partial charge < -0.3 is 10.4 Å². The van der Waals surface area contributed by atoms with Crippen molar-refractivity contribution in [3.05, 3.63) is 34.9 Å². The zero-order valence-corrected chi connectivity index (χ0v) is 11.7. The average Bonchev–Trinajstić information content (AvgIpc) is 2.34. The van der Waals surface area contributed by atoms with Crippen molar-refractivity contribution < 1.29 is 11.3 Å². The minimum absolute atomic E-state index is 0. The number of carbonyl (C=O) groups is 1. The first-order valence-corrected chi connectivity index (χ1v) is 6.51. The van der Waals surface area contributed by atoms with Gasteiger partial charge in [-0.2, -0.15) is 0 Å². The highest BCUT2D eigenvalue weighted by molar-refractivity contribution is 5.94. The van der Waals surface area contributed by atoms with Gasteiger partial charge in [0.1, 0.15) is 0 Å². The van der Waals surface area contributed by atoms with E-state index in [9.17, 15) is 4.79 Å². The lowest BCUT2D eigenvalue weighted by Gasteiger charge is -2.15. The maximum atomic E-state index is 12.0. The van der Waals surface area contributed by atoms with E-state index in [4.69, 9.17) is 5.11 Å². The van der Waals surface area contributed by atoms with Gasteiger partial charge in [-0.3, -0.25) is 4.79 Å². The van der Waals surface area contributed by atoms with Crippen molar-refractivity contribution in [2.75, 3.05) is 6.61 Å². The summed E-state index contributed by atoms with van der Waals surface area (Å²) in [4.78, 5) is 12.0. The van der Waals surface area contributed by atoms with Crippen molar-refractivity contribution in [2.45, 2.75) is 46.1 Å². The Bertz CT molecular complexity index is 415. The quantitative estimate of drug-likeness (QED) is 0.845. The Labute approximate surface area is 111 Å². The maximum Gasteiger partial charge on any atom is 0.251 e. The number of hydrogen-bond acceptors (Lipinski definition) is 2. The minimum Gasteiger partial charge on any atom is -0.394 e. The lowest BCUT2D eigenvalue weighted by atomic mass is 9.96. The van der Waals surface area contributed by atoms with E-state index in [1.807, 2.05) is 32.0 Å². The molecule has 0 aromatic heterocycles. The molecule has 3 heteroatoms. The summed E-state index contributed by atoms with van der Waals surface area (Å²) in [5.74, 6) is 0.345. The molecule has 1 unspecified atom stereocenters. The number of carbonyl (C=O) groups excluding carboxylic acids is 1. The van der Waals surface area contributed by atoms with Crippen LogP contribution in [0, 0.1) is 6.92 Å². The molecule has 1 rings (SSSR count). The molecule has 0 fully saturated rings. The fraction of sp³-hybridized carbons (Fsp3) is 0.533. The molecule has 0 aliphatic rings. The van der Waals surface area contributed by atoms with E-state index in [-0.39, 0.29) is 20.0 Å². The van der Waals surface area contributed by atoms with Gasteiger partial charge in [0.25, 0.3) is 5.91 Å². The lowest BCUT2D eigenvalue weighted by molar-refractivity contribution is 0.0915. The third-order valence-electron chi connectivity index (χ3n) is 3.20. The topological polar surface area (TPSA) is 49.3 Å². The van der Waals surface area contributed by atoms with Crippen LogP contribution in [0.1, 0.15) is 56.0 Å². The second kappa shape index (κ2) is 6.55. The molecule has 0 saturated heterocycles. The van der Waals surface area contributed by atoms with E-state index in [0.717, 1.165) is 12.0 Å². The number of aliphatic hydroxyl groups is 1. The van der Waals surface area contributed by atoms with Crippen molar-refractivity contribution in [3.8, 4) is 0 Å². The van der Waals surface area contributed by atoms with Crippen LogP contribution in [0.25, 0.3) is 0 Å². The van der Waals surface area contributed by atoms with Crippen LogP contribution >= 0.6 is 0 Å². The van der Waals surface area contributed by atoms with Gasteiger partial charge in [-0.25, -0.2) is 0 Å². The summed E-state index contributed by atoms with van der Waals surface area (Å²) in [5.41, 5.74) is 3.05. The van der Waals surface area contributed by atoms with Crippen molar-refractivity contribution in [1.82, 2.24) is 5.32 Å². The number of amides is 1. The number of benzene rings is 1. The second-order valence-electron chi connectivity index (χ2n) is 4.99. The van der Waals surface area contributed by atoms with Gasteiger partial charge in [0.15, 0.2) is 0 Å². The summed E-state index contributed by atoms with van der Waals surface area (Å²) in [5, 5.41) is 11.9. The standard InChI is InChI=1S/C15H23NO2.H2/c1-5-13(9-17)16-15(18)12-6-7-14(10(2)3)11(4)8-12;/h6-8,10,13,17H,5,9H2,1-4H3,(H,16,18);1H. The largest absolute Gasteiger partial charge is 0.394 e. The van der Waals surface area contributed by atoms with Crippen LogP contribution in [0.2, 0.25) is 0 Å². The number of rotatable bonds is 5. The number of aliphatic hydroxyl groups excluding tert-OH is 1. The van der Waals surface area contributed by atoms with Crippen molar-refractivity contribution in [1.29, 1.82) is 0 Å². The molecular weight excluding hydrogens is 226 g/mol. The van der Waals surface area contributed by atoms with E-state index in [0.29, 0.717) is 11.5 Å². The molecule has 1 aromatic carbocycles. The average molecular weight is 251 g/mol. The number of hydrogen-bond donors (Lipinski definition) is 2. The molecule has 1 aromatic rings. The van der Waals surface area contributed by atoms with Gasteiger partial charge in [0, 0.05) is 6.99 Å². The SMILES string of the molecule is CCC(CO)NC(=O)c1ccc(C(C)C)c(C)c1.[HH]. The Morgan fingerprint density at radius 2 is 2.11 bits per heavy atom. The molecule has 0 radical (unpaired) electrons. The molecule has 0 heterocycles. The van der Waals surface area contributed by atoms with Gasteiger partial charge in [-0.1, -0.05) is 26.8 Å². The molecule has 18 heavy (non-hydrogen) atoms. The molecule has 2 N–H and O–H groups in total. The first-order chi connectivity index (χ1) is 8.49. The molecule has 102 valence electrons. The molecule has 1 atom stereocenters. The molecule has 0 aliphatic heterocycles. The first kappa shape index (κ1) is 14.7. The summed E-state index contributed by atoms with van der Waals surface area (Å²) >= 11 is 0. The van der Waals surface area contributed by atoms with E-state index in [1.54, 1.807) is 0 Å². The van der Waals surface area contributed by atoms with Crippen LogP contribution in [-0.4, -0.2) is 23.7 Å². The van der Waals surface area contributed by atoms with E-state index in [2.05, 4.69) is 19.2 Å². The maximum absolute atomic E-state index is 12.0. The third kappa shape index (κ3) is 3.57. The Morgan fingerprint density at radius 3 is 2.56 bits per heavy atom. The Hall–Kier alpha value is -1.35. The third-order valence-corrected chi connectivity index (χ3v) is 3.20. The van der Waals surface area contributed by atoms with Crippen molar-refractivity contribution in [2.24, 2.45) is 0 Å². The van der Waals surface area contributed by atoms with Gasteiger partial charge in [-0.15, -0.1) is 0 Å². The van der Waals surface area contributed by atoms with Crippen LogP contribution in [0.15, 0.2) is 18.2 Å². The van der Waals surface area contributed by atoms with E-state index < -0.39 is 0 Å². The zero-order valence-electron chi connectivity index (χ0n) is 11.7. The highest BCUT2D eigenvalue weighted by atomic mass is 16.3. The first-order valence-electron chi connectivity index (χ1n) is 6.51.